The lowest BCUT2D eigenvalue weighted by Crippen LogP contribution is -2.50. The van der Waals surface area contributed by atoms with Crippen molar-refractivity contribution in [3.8, 4) is 0 Å². The Bertz CT molecular complexity index is 424. The highest BCUT2D eigenvalue weighted by Gasteiger charge is 2.25. The van der Waals surface area contributed by atoms with Gasteiger partial charge in [-0.3, -0.25) is 14.4 Å². The first-order valence-corrected chi connectivity index (χ1v) is 7.42. The zero-order chi connectivity index (χ0) is 17.5. The third-order valence-corrected chi connectivity index (χ3v) is 2.89. The van der Waals surface area contributed by atoms with E-state index >= 15 is 0 Å². The molecular formula is C16H28N2O4. The summed E-state index contributed by atoms with van der Waals surface area (Å²) in [6.07, 6.45) is 1.39. The van der Waals surface area contributed by atoms with Gasteiger partial charge in [-0.15, -0.1) is 0 Å². The molecule has 0 radical (unpaired) electrons. The van der Waals surface area contributed by atoms with Crippen molar-refractivity contribution in [2.24, 2.45) is 11.7 Å². The quantitative estimate of drug-likeness (QED) is 0.520. The zero-order valence-electron chi connectivity index (χ0n) is 14.1. The van der Waals surface area contributed by atoms with Crippen molar-refractivity contribution in [3.05, 3.63) is 12.7 Å². The molecule has 2 atom stereocenters. The smallest absolute Gasteiger partial charge is 0.306 e. The minimum atomic E-state index is -0.869. The number of ketones is 1. The molecule has 0 aliphatic heterocycles. The fourth-order valence-electron chi connectivity index (χ4n) is 1.75. The number of esters is 1. The maximum Gasteiger partial charge on any atom is 0.306 e. The SMILES string of the molecule is C=CC(=O)[C@@H](NC(=O)[C@@H](N)CCC(=O)OC(C)(C)C)C(C)C. The van der Waals surface area contributed by atoms with Crippen LogP contribution in [0.5, 0.6) is 0 Å². The number of hydrogen-bond acceptors (Lipinski definition) is 5. The van der Waals surface area contributed by atoms with Crippen LogP contribution in [0.1, 0.15) is 47.5 Å². The van der Waals surface area contributed by atoms with E-state index in [0.717, 1.165) is 0 Å². The van der Waals surface area contributed by atoms with Crippen molar-refractivity contribution >= 4 is 17.7 Å². The van der Waals surface area contributed by atoms with E-state index in [2.05, 4.69) is 11.9 Å². The number of carbonyl (C=O) groups excluding carboxylic acids is 3. The van der Waals surface area contributed by atoms with Crippen LogP contribution in [-0.2, 0) is 19.1 Å². The molecule has 0 fully saturated rings. The predicted octanol–water partition coefficient (Wildman–Crippen LogP) is 1.33. The first-order valence-electron chi connectivity index (χ1n) is 7.42. The second kappa shape index (κ2) is 8.68. The van der Waals surface area contributed by atoms with Gasteiger partial charge in [0.05, 0.1) is 12.1 Å². The van der Waals surface area contributed by atoms with Crippen molar-refractivity contribution in [1.29, 1.82) is 0 Å². The Labute approximate surface area is 132 Å². The van der Waals surface area contributed by atoms with E-state index in [0.29, 0.717) is 0 Å². The van der Waals surface area contributed by atoms with E-state index in [1.54, 1.807) is 20.8 Å². The van der Waals surface area contributed by atoms with Crippen LogP contribution in [0.25, 0.3) is 0 Å². The lowest BCUT2D eigenvalue weighted by molar-refractivity contribution is -0.155. The van der Waals surface area contributed by atoms with Gasteiger partial charge in [0.15, 0.2) is 5.78 Å². The Kier molecular flexibility index (Phi) is 8.01. The lowest BCUT2D eigenvalue weighted by Gasteiger charge is -2.22. The van der Waals surface area contributed by atoms with E-state index in [1.807, 2.05) is 13.8 Å². The van der Waals surface area contributed by atoms with Gasteiger partial charge in [0.1, 0.15) is 5.60 Å². The van der Waals surface area contributed by atoms with Crippen LogP contribution in [0.2, 0.25) is 0 Å². The minimum Gasteiger partial charge on any atom is -0.460 e. The van der Waals surface area contributed by atoms with Crippen LogP contribution in [0.4, 0.5) is 0 Å². The number of amides is 1. The van der Waals surface area contributed by atoms with Crippen LogP contribution >= 0.6 is 0 Å². The van der Waals surface area contributed by atoms with Crippen molar-refractivity contribution in [2.45, 2.75) is 65.1 Å². The highest BCUT2D eigenvalue weighted by Crippen LogP contribution is 2.10. The summed E-state index contributed by atoms with van der Waals surface area (Å²) in [6.45, 7) is 12.4. The first-order chi connectivity index (χ1) is 9.97. The van der Waals surface area contributed by atoms with Crippen molar-refractivity contribution in [3.63, 3.8) is 0 Å². The first kappa shape index (κ1) is 20.3. The molecule has 22 heavy (non-hydrogen) atoms. The summed E-state index contributed by atoms with van der Waals surface area (Å²) in [6, 6.07) is -1.52. The van der Waals surface area contributed by atoms with Crippen LogP contribution in [-0.4, -0.2) is 35.3 Å². The Hall–Kier alpha value is -1.69. The summed E-state index contributed by atoms with van der Waals surface area (Å²) in [5.74, 6) is -1.20. The molecule has 0 aromatic rings. The predicted molar refractivity (Wildman–Crippen MR) is 85.0 cm³/mol. The third-order valence-electron chi connectivity index (χ3n) is 2.89. The molecule has 3 N–H and O–H groups in total. The summed E-state index contributed by atoms with van der Waals surface area (Å²) in [7, 11) is 0. The van der Waals surface area contributed by atoms with Crippen LogP contribution in [0.15, 0.2) is 12.7 Å². The molecule has 0 aliphatic rings. The maximum atomic E-state index is 12.0. The van der Waals surface area contributed by atoms with Gasteiger partial charge in [0.2, 0.25) is 5.91 Å². The van der Waals surface area contributed by atoms with Gasteiger partial charge in [-0.1, -0.05) is 20.4 Å². The second-order valence-electron chi connectivity index (χ2n) is 6.57. The maximum absolute atomic E-state index is 12.0. The fraction of sp³-hybridized carbons (Fsp3) is 0.688. The molecular weight excluding hydrogens is 284 g/mol. The number of carbonyl (C=O) groups is 3. The Morgan fingerprint density at radius 2 is 1.82 bits per heavy atom. The Balaban J connectivity index is 4.45. The third kappa shape index (κ3) is 7.93. The highest BCUT2D eigenvalue weighted by atomic mass is 16.6. The number of hydrogen-bond donors (Lipinski definition) is 2. The average molecular weight is 312 g/mol. The molecule has 6 nitrogen and oxygen atoms in total. The van der Waals surface area contributed by atoms with E-state index in [1.165, 1.54) is 6.08 Å². The van der Waals surface area contributed by atoms with Gasteiger partial charge >= 0.3 is 5.97 Å². The summed E-state index contributed by atoms with van der Waals surface area (Å²) >= 11 is 0. The van der Waals surface area contributed by atoms with E-state index in [4.69, 9.17) is 10.5 Å². The number of rotatable bonds is 8. The van der Waals surface area contributed by atoms with Gasteiger partial charge in [-0.05, 0) is 39.2 Å². The molecule has 1 amide bonds. The summed E-state index contributed by atoms with van der Waals surface area (Å²) in [5, 5.41) is 2.60. The normalized spacial score (nSPS) is 14.1. The Morgan fingerprint density at radius 1 is 1.27 bits per heavy atom. The van der Waals surface area contributed by atoms with Crippen molar-refractivity contribution in [1.82, 2.24) is 5.32 Å². The minimum absolute atomic E-state index is 0.0492. The highest BCUT2D eigenvalue weighted by molar-refractivity contribution is 5.97. The zero-order valence-corrected chi connectivity index (χ0v) is 14.1. The van der Waals surface area contributed by atoms with E-state index in [-0.39, 0.29) is 24.5 Å². The molecule has 0 rings (SSSR count). The molecule has 126 valence electrons. The summed E-state index contributed by atoms with van der Waals surface area (Å²) in [5.41, 5.74) is 5.20. The lowest BCUT2D eigenvalue weighted by atomic mass is 9.99. The largest absolute Gasteiger partial charge is 0.460 e. The molecule has 0 unspecified atom stereocenters. The summed E-state index contributed by atoms with van der Waals surface area (Å²) in [4.78, 5) is 35.3. The molecule has 0 saturated carbocycles. The van der Waals surface area contributed by atoms with Gasteiger partial charge < -0.3 is 15.8 Å². The monoisotopic (exact) mass is 312 g/mol. The number of ether oxygens (including phenoxy) is 1. The standard InChI is InChI=1S/C16H28N2O4/c1-7-12(19)14(10(2)3)18-15(21)11(17)8-9-13(20)22-16(4,5)6/h7,10-11,14H,1,8-9,17H2,2-6H3,(H,18,21)/t11-,14-/m0/s1. The van der Waals surface area contributed by atoms with Crippen molar-refractivity contribution < 1.29 is 19.1 Å². The molecule has 0 bridgehead atoms. The molecule has 0 spiro atoms. The molecule has 6 heteroatoms. The van der Waals surface area contributed by atoms with E-state index < -0.39 is 29.6 Å². The topological polar surface area (TPSA) is 98.5 Å². The molecule has 0 heterocycles. The molecule has 0 aromatic heterocycles. The van der Waals surface area contributed by atoms with Crippen LogP contribution < -0.4 is 11.1 Å². The van der Waals surface area contributed by atoms with Gasteiger partial charge in [-0.25, -0.2) is 0 Å². The molecule has 0 aromatic carbocycles. The van der Waals surface area contributed by atoms with Gasteiger partial charge in [0.25, 0.3) is 0 Å². The van der Waals surface area contributed by atoms with Crippen LogP contribution in [0, 0.1) is 5.92 Å². The summed E-state index contributed by atoms with van der Waals surface area (Å²) < 4.78 is 5.15. The number of nitrogens with two attached hydrogens (primary N) is 1. The number of nitrogens with one attached hydrogen (secondary N) is 1. The fourth-order valence-corrected chi connectivity index (χ4v) is 1.75. The second-order valence-corrected chi connectivity index (χ2v) is 6.57. The molecule has 0 saturated heterocycles. The Morgan fingerprint density at radius 3 is 2.23 bits per heavy atom. The van der Waals surface area contributed by atoms with Gasteiger partial charge in [-0.2, -0.15) is 0 Å². The van der Waals surface area contributed by atoms with Crippen LogP contribution in [0.3, 0.4) is 0 Å². The van der Waals surface area contributed by atoms with Gasteiger partial charge in [0, 0.05) is 6.42 Å². The molecule has 0 aliphatic carbocycles. The van der Waals surface area contributed by atoms with Crippen molar-refractivity contribution in [2.75, 3.05) is 0 Å². The van der Waals surface area contributed by atoms with E-state index in [9.17, 15) is 14.4 Å². The average Bonchev–Trinajstić information content (AvgIpc) is 2.38.